The zero-order valence-electron chi connectivity index (χ0n) is 26.0. The van der Waals surface area contributed by atoms with Crippen LogP contribution >= 0.6 is 0 Å². The minimum absolute atomic E-state index is 0.666. The van der Waals surface area contributed by atoms with Crippen molar-refractivity contribution >= 4 is 0 Å². The molecule has 0 radical (unpaired) electrons. The average Bonchev–Trinajstić information content (AvgIpc) is 3.19. The van der Waals surface area contributed by atoms with E-state index in [1.165, 1.54) is 0 Å². The highest BCUT2D eigenvalue weighted by molar-refractivity contribution is 5.82. The maximum Gasteiger partial charge on any atom is 0.160 e. The van der Waals surface area contributed by atoms with Gasteiger partial charge in [0.1, 0.15) is 0 Å². The van der Waals surface area contributed by atoms with E-state index in [1.54, 1.807) is 18.6 Å². The minimum Gasteiger partial charge on any atom is -0.261 e. The van der Waals surface area contributed by atoms with E-state index in [2.05, 4.69) is 112 Å². The van der Waals surface area contributed by atoms with Crippen LogP contribution in [0, 0.1) is 0 Å². The molecule has 8 aromatic rings. The molecule has 8 rings (SSSR count). The highest BCUT2D eigenvalue weighted by Crippen LogP contribution is 2.35. The number of aromatic nitrogens is 5. The fourth-order valence-electron chi connectivity index (χ4n) is 5.83. The summed E-state index contributed by atoms with van der Waals surface area (Å²) in [6.07, 6.45) is 7.00. The van der Waals surface area contributed by atoms with Gasteiger partial charge in [-0.15, -0.1) is 0 Å². The Morgan fingerprint density at radius 2 is 0.771 bits per heavy atom. The Morgan fingerprint density at radius 3 is 1.29 bits per heavy atom. The van der Waals surface area contributed by atoms with Crippen molar-refractivity contribution in [1.29, 1.82) is 0 Å². The lowest BCUT2D eigenvalue weighted by atomic mass is 9.94. The van der Waals surface area contributed by atoms with Gasteiger partial charge in [0, 0.05) is 46.4 Å². The van der Waals surface area contributed by atoms with Crippen LogP contribution in [0.25, 0.3) is 78.7 Å². The van der Waals surface area contributed by atoms with E-state index in [0.29, 0.717) is 5.82 Å². The van der Waals surface area contributed by atoms with Gasteiger partial charge in [-0.25, -0.2) is 9.97 Å². The molecule has 0 saturated heterocycles. The van der Waals surface area contributed by atoms with Crippen molar-refractivity contribution in [2.24, 2.45) is 0 Å². The predicted octanol–water partition coefficient (Wildman–Crippen LogP) is 10.3. The van der Waals surface area contributed by atoms with E-state index in [1.807, 2.05) is 60.8 Å². The molecule has 5 heteroatoms. The zero-order valence-corrected chi connectivity index (χ0v) is 26.0. The number of hydrogen-bond acceptors (Lipinski definition) is 5. The van der Waals surface area contributed by atoms with Gasteiger partial charge in [-0.05, 0) is 58.7 Å². The summed E-state index contributed by atoms with van der Waals surface area (Å²) in [6.45, 7) is 0. The Bertz CT molecular complexity index is 2130. The molecule has 226 valence electrons. The third-order valence-electron chi connectivity index (χ3n) is 8.31. The van der Waals surface area contributed by atoms with Gasteiger partial charge in [0.25, 0.3) is 0 Å². The first-order chi connectivity index (χ1) is 23.8. The fourth-order valence-corrected chi connectivity index (χ4v) is 5.83. The summed E-state index contributed by atoms with van der Waals surface area (Å²) in [5.41, 5.74) is 12.9. The molecule has 3 aromatic heterocycles. The lowest BCUT2D eigenvalue weighted by Gasteiger charge is -2.13. The van der Waals surface area contributed by atoms with Crippen molar-refractivity contribution in [3.63, 3.8) is 0 Å². The first kappa shape index (κ1) is 28.9. The fraction of sp³-hybridized carbons (Fsp3) is 0. The molecule has 0 atom stereocenters. The molecular formula is C43H29N5. The normalized spacial score (nSPS) is 10.9. The van der Waals surface area contributed by atoms with Crippen LogP contribution in [0.15, 0.2) is 176 Å². The van der Waals surface area contributed by atoms with E-state index in [0.717, 1.165) is 72.8 Å². The van der Waals surface area contributed by atoms with E-state index in [-0.39, 0.29) is 0 Å². The molecule has 0 amide bonds. The molecule has 5 aromatic carbocycles. The van der Waals surface area contributed by atoms with Crippen LogP contribution in [0.3, 0.4) is 0 Å². The topological polar surface area (TPSA) is 64.5 Å². The van der Waals surface area contributed by atoms with Crippen LogP contribution in [0.5, 0.6) is 0 Å². The van der Waals surface area contributed by atoms with Crippen LogP contribution in [0.1, 0.15) is 0 Å². The lowest BCUT2D eigenvalue weighted by molar-refractivity contribution is 1.18. The molecule has 0 aliphatic rings. The number of hydrogen-bond donors (Lipinski definition) is 0. The first-order valence-corrected chi connectivity index (χ1v) is 15.8. The van der Waals surface area contributed by atoms with Gasteiger partial charge in [0.15, 0.2) is 5.82 Å². The van der Waals surface area contributed by atoms with Gasteiger partial charge in [-0.2, -0.15) is 0 Å². The summed E-state index contributed by atoms with van der Waals surface area (Å²) >= 11 is 0. The number of nitrogens with zero attached hydrogens (tertiary/aromatic N) is 5. The maximum atomic E-state index is 5.14. The standard InChI is InChI=1S/C43H29N5/c1-3-9-32(10-4-1)40-28-41(33-11-5-2-6-12-33)48-43(47-40)38-26-36(30-14-18-34(19-15-30)39-13-7-8-22-45-39)25-37(27-38)31-16-20-35(21-17-31)42-29-44-23-24-46-42/h1-29H. The van der Waals surface area contributed by atoms with Gasteiger partial charge in [-0.3, -0.25) is 15.0 Å². The molecule has 0 spiro atoms. The second-order valence-electron chi connectivity index (χ2n) is 11.5. The quantitative estimate of drug-likeness (QED) is 0.178. The second kappa shape index (κ2) is 13.0. The van der Waals surface area contributed by atoms with Crippen molar-refractivity contribution < 1.29 is 0 Å². The summed E-state index contributed by atoms with van der Waals surface area (Å²) in [5.74, 6) is 0.666. The highest BCUT2D eigenvalue weighted by atomic mass is 14.9. The summed E-state index contributed by atoms with van der Waals surface area (Å²) in [6, 6.07) is 52.2. The van der Waals surface area contributed by atoms with Crippen LogP contribution in [-0.2, 0) is 0 Å². The molecule has 5 nitrogen and oxygen atoms in total. The minimum atomic E-state index is 0.666. The highest BCUT2D eigenvalue weighted by Gasteiger charge is 2.14. The third kappa shape index (κ3) is 6.13. The Balaban J connectivity index is 1.28. The SMILES string of the molecule is c1ccc(-c2cc(-c3ccccc3)nc(-c3cc(-c4ccc(-c5ccccn5)cc4)cc(-c4ccc(-c5cnccn5)cc4)c3)n2)cc1. The first-order valence-electron chi connectivity index (χ1n) is 15.8. The van der Waals surface area contributed by atoms with E-state index in [4.69, 9.17) is 9.97 Å². The average molecular weight is 616 g/mol. The molecule has 0 unspecified atom stereocenters. The molecule has 0 aliphatic carbocycles. The molecular weight excluding hydrogens is 587 g/mol. The molecule has 48 heavy (non-hydrogen) atoms. The molecule has 0 N–H and O–H groups in total. The lowest BCUT2D eigenvalue weighted by Crippen LogP contribution is -1.97. The largest absolute Gasteiger partial charge is 0.261 e. The van der Waals surface area contributed by atoms with Crippen molar-refractivity contribution in [1.82, 2.24) is 24.9 Å². The Hall–Kier alpha value is -6.59. The summed E-state index contributed by atoms with van der Waals surface area (Å²) in [4.78, 5) is 23.5. The van der Waals surface area contributed by atoms with Gasteiger partial charge < -0.3 is 0 Å². The molecule has 3 heterocycles. The van der Waals surface area contributed by atoms with Crippen molar-refractivity contribution in [3.05, 3.63) is 176 Å². The van der Waals surface area contributed by atoms with Crippen molar-refractivity contribution in [2.45, 2.75) is 0 Å². The third-order valence-corrected chi connectivity index (χ3v) is 8.31. The summed E-state index contributed by atoms with van der Waals surface area (Å²) in [7, 11) is 0. The zero-order chi connectivity index (χ0) is 32.1. The Morgan fingerprint density at radius 1 is 0.292 bits per heavy atom. The van der Waals surface area contributed by atoms with Crippen LogP contribution < -0.4 is 0 Å². The summed E-state index contributed by atoms with van der Waals surface area (Å²) in [5, 5.41) is 0. The number of benzene rings is 5. The molecule has 0 fully saturated rings. The smallest absolute Gasteiger partial charge is 0.160 e. The summed E-state index contributed by atoms with van der Waals surface area (Å²) < 4.78 is 0. The Labute approximate surface area is 279 Å². The Kier molecular flexibility index (Phi) is 7.83. The van der Waals surface area contributed by atoms with Gasteiger partial charge in [-0.1, -0.05) is 115 Å². The van der Waals surface area contributed by atoms with Gasteiger partial charge in [0.2, 0.25) is 0 Å². The van der Waals surface area contributed by atoms with Crippen LogP contribution in [-0.4, -0.2) is 24.9 Å². The van der Waals surface area contributed by atoms with E-state index < -0.39 is 0 Å². The second-order valence-corrected chi connectivity index (χ2v) is 11.5. The predicted molar refractivity (Wildman–Crippen MR) is 193 cm³/mol. The van der Waals surface area contributed by atoms with E-state index in [9.17, 15) is 0 Å². The molecule has 0 bridgehead atoms. The van der Waals surface area contributed by atoms with Crippen molar-refractivity contribution in [2.75, 3.05) is 0 Å². The van der Waals surface area contributed by atoms with E-state index >= 15 is 0 Å². The number of rotatable bonds is 7. The van der Waals surface area contributed by atoms with Gasteiger partial charge in [0.05, 0.1) is 29.0 Å². The van der Waals surface area contributed by atoms with Gasteiger partial charge >= 0.3 is 0 Å². The van der Waals surface area contributed by atoms with Crippen LogP contribution in [0.4, 0.5) is 0 Å². The monoisotopic (exact) mass is 615 g/mol. The molecule has 0 aliphatic heterocycles. The molecule has 0 saturated carbocycles. The van der Waals surface area contributed by atoms with Crippen molar-refractivity contribution in [3.8, 4) is 78.7 Å². The van der Waals surface area contributed by atoms with Crippen LogP contribution in [0.2, 0.25) is 0 Å². The maximum absolute atomic E-state index is 5.14. The number of pyridine rings is 1.